The second-order valence-electron chi connectivity index (χ2n) is 5.76. The second kappa shape index (κ2) is 6.29. The van der Waals surface area contributed by atoms with Gasteiger partial charge in [-0.2, -0.15) is 5.10 Å². The van der Waals surface area contributed by atoms with Crippen LogP contribution in [0.2, 0.25) is 0 Å². The van der Waals surface area contributed by atoms with Gasteiger partial charge in [-0.3, -0.25) is 4.68 Å². The van der Waals surface area contributed by atoms with Crippen molar-refractivity contribution in [1.82, 2.24) is 39.9 Å². The monoisotopic (exact) mass is 313 g/mol. The van der Waals surface area contributed by atoms with Gasteiger partial charge >= 0.3 is 0 Å². The molecule has 0 spiro atoms. The maximum absolute atomic E-state index is 4.40. The van der Waals surface area contributed by atoms with E-state index in [-0.39, 0.29) is 0 Å². The van der Waals surface area contributed by atoms with Gasteiger partial charge in [0.25, 0.3) is 0 Å². The molecule has 0 aromatic carbocycles. The van der Waals surface area contributed by atoms with Crippen LogP contribution in [0.25, 0.3) is 5.65 Å². The van der Waals surface area contributed by atoms with Gasteiger partial charge in [-0.1, -0.05) is 6.42 Å². The number of hydrogen-bond donors (Lipinski definition) is 1. The Balaban J connectivity index is 1.37. The van der Waals surface area contributed by atoms with Crippen LogP contribution in [0.5, 0.6) is 0 Å². The third kappa shape index (κ3) is 3.29. The van der Waals surface area contributed by atoms with Crippen LogP contribution in [-0.2, 0) is 6.54 Å². The molecule has 23 heavy (non-hydrogen) atoms. The first-order chi connectivity index (χ1) is 11.4. The third-order valence-corrected chi connectivity index (χ3v) is 4.07. The van der Waals surface area contributed by atoms with Gasteiger partial charge in [-0.15, -0.1) is 14.8 Å². The van der Waals surface area contributed by atoms with Crippen molar-refractivity contribution < 1.29 is 0 Å². The Morgan fingerprint density at radius 2 is 2.00 bits per heavy atom. The molecule has 1 fully saturated rings. The Hall–Kier alpha value is -2.55. The van der Waals surface area contributed by atoms with E-state index in [1.165, 1.54) is 37.0 Å². The van der Waals surface area contributed by atoms with Crippen molar-refractivity contribution in [3.63, 3.8) is 0 Å². The van der Waals surface area contributed by atoms with Crippen molar-refractivity contribution in [1.29, 1.82) is 0 Å². The summed E-state index contributed by atoms with van der Waals surface area (Å²) in [4.78, 5) is 2.51. The molecule has 1 aliphatic rings. The predicted octanol–water partition coefficient (Wildman–Crippen LogP) is 0.945. The first-order valence-electron chi connectivity index (χ1n) is 7.94. The Morgan fingerprint density at radius 3 is 2.91 bits per heavy atom. The average molecular weight is 313 g/mol. The van der Waals surface area contributed by atoms with Crippen molar-refractivity contribution in [2.45, 2.75) is 25.8 Å². The zero-order chi connectivity index (χ0) is 15.5. The van der Waals surface area contributed by atoms with Gasteiger partial charge in [-0.05, 0) is 48.5 Å². The van der Waals surface area contributed by atoms with Crippen LogP contribution >= 0.6 is 0 Å². The number of aromatic nitrogens is 7. The molecule has 9 heteroatoms. The topological polar surface area (TPSA) is 89.1 Å². The van der Waals surface area contributed by atoms with Crippen LogP contribution < -0.4 is 5.32 Å². The SMILES string of the molecule is c1nn(CCN2CCCCC2)cc1Nc1ccc2nnnn2n1. The standard InChI is InChI=1S/C14H19N9/c1-2-6-21(7-3-1)8-9-22-11-12(10-15-22)16-13-4-5-14-17-19-20-23(14)18-13/h4-5,10-11H,1-3,6-9H2,(H,16,18). The zero-order valence-electron chi connectivity index (χ0n) is 12.8. The molecular weight excluding hydrogens is 294 g/mol. The maximum Gasteiger partial charge on any atom is 0.200 e. The van der Waals surface area contributed by atoms with Crippen molar-refractivity contribution in [3.8, 4) is 0 Å². The van der Waals surface area contributed by atoms with Gasteiger partial charge in [0.05, 0.1) is 18.4 Å². The molecule has 0 atom stereocenters. The number of tetrazole rings is 1. The number of nitrogens with zero attached hydrogens (tertiary/aromatic N) is 8. The Labute approximate surface area is 133 Å². The molecule has 0 unspecified atom stereocenters. The van der Waals surface area contributed by atoms with Gasteiger partial charge in [0, 0.05) is 12.7 Å². The molecule has 1 N–H and O–H groups in total. The van der Waals surface area contributed by atoms with Crippen LogP contribution in [0, 0.1) is 0 Å². The van der Waals surface area contributed by atoms with Crippen LogP contribution in [0.1, 0.15) is 19.3 Å². The average Bonchev–Trinajstić information content (AvgIpc) is 3.23. The molecule has 0 radical (unpaired) electrons. The fraction of sp³-hybridized carbons (Fsp3) is 0.500. The molecule has 9 nitrogen and oxygen atoms in total. The van der Waals surface area contributed by atoms with E-state index in [1.54, 1.807) is 0 Å². The van der Waals surface area contributed by atoms with E-state index in [9.17, 15) is 0 Å². The molecule has 0 saturated carbocycles. The lowest BCUT2D eigenvalue weighted by Crippen LogP contribution is -2.32. The molecule has 0 bridgehead atoms. The molecule has 0 amide bonds. The van der Waals surface area contributed by atoms with Crippen molar-refractivity contribution in [2.24, 2.45) is 0 Å². The minimum Gasteiger partial charge on any atom is -0.336 e. The maximum atomic E-state index is 4.40. The van der Waals surface area contributed by atoms with Crippen LogP contribution in [0.4, 0.5) is 11.5 Å². The lowest BCUT2D eigenvalue weighted by Gasteiger charge is -2.26. The summed E-state index contributed by atoms with van der Waals surface area (Å²) in [7, 11) is 0. The van der Waals surface area contributed by atoms with Gasteiger partial charge in [0.2, 0.25) is 0 Å². The molecule has 3 aromatic rings. The van der Waals surface area contributed by atoms with E-state index in [4.69, 9.17) is 0 Å². The number of fused-ring (bicyclic) bond motifs is 1. The second-order valence-corrected chi connectivity index (χ2v) is 5.76. The normalized spacial score (nSPS) is 16.0. The minimum atomic E-state index is 0.618. The number of likely N-dealkylation sites (tertiary alicyclic amines) is 1. The van der Waals surface area contributed by atoms with E-state index in [1.807, 2.05) is 29.2 Å². The summed E-state index contributed by atoms with van der Waals surface area (Å²) in [5, 5.41) is 23.1. The van der Waals surface area contributed by atoms with Crippen molar-refractivity contribution in [2.75, 3.05) is 25.0 Å². The van der Waals surface area contributed by atoms with Gasteiger partial charge in [0.15, 0.2) is 11.5 Å². The molecule has 1 saturated heterocycles. The highest BCUT2D eigenvalue weighted by molar-refractivity contribution is 5.54. The van der Waals surface area contributed by atoms with Crippen LogP contribution in [-0.4, -0.2) is 59.6 Å². The smallest absolute Gasteiger partial charge is 0.200 e. The molecule has 120 valence electrons. The quantitative estimate of drug-likeness (QED) is 0.750. The highest BCUT2D eigenvalue weighted by atomic mass is 15.6. The number of hydrogen-bond acceptors (Lipinski definition) is 7. The van der Waals surface area contributed by atoms with E-state index in [2.05, 4.69) is 35.9 Å². The molecule has 4 rings (SSSR count). The number of nitrogens with one attached hydrogen (secondary N) is 1. The number of anilines is 2. The molecule has 1 aliphatic heterocycles. The first-order valence-corrected chi connectivity index (χ1v) is 7.94. The largest absolute Gasteiger partial charge is 0.336 e. The Bertz CT molecular complexity index is 771. The molecular formula is C14H19N9. The number of piperidine rings is 1. The fourth-order valence-electron chi connectivity index (χ4n) is 2.84. The predicted molar refractivity (Wildman–Crippen MR) is 84.4 cm³/mol. The first kappa shape index (κ1) is 14.1. The van der Waals surface area contributed by atoms with E-state index in [0.717, 1.165) is 18.8 Å². The van der Waals surface area contributed by atoms with Gasteiger partial charge in [-0.25, -0.2) is 0 Å². The Morgan fingerprint density at radius 1 is 1.09 bits per heavy atom. The van der Waals surface area contributed by atoms with E-state index < -0.39 is 0 Å². The van der Waals surface area contributed by atoms with Crippen LogP contribution in [0.15, 0.2) is 24.5 Å². The summed E-state index contributed by atoms with van der Waals surface area (Å²) >= 11 is 0. The highest BCUT2D eigenvalue weighted by Gasteiger charge is 2.10. The molecule has 0 aliphatic carbocycles. The summed E-state index contributed by atoms with van der Waals surface area (Å²) in [6.07, 6.45) is 7.80. The molecule has 3 aromatic heterocycles. The fourth-order valence-corrected chi connectivity index (χ4v) is 2.84. The van der Waals surface area contributed by atoms with Crippen molar-refractivity contribution >= 4 is 17.2 Å². The van der Waals surface area contributed by atoms with E-state index >= 15 is 0 Å². The number of rotatable bonds is 5. The third-order valence-electron chi connectivity index (χ3n) is 4.07. The van der Waals surface area contributed by atoms with E-state index in [0.29, 0.717) is 11.5 Å². The summed E-state index contributed by atoms with van der Waals surface area (Å²) in [5.74, 6) is 0.681. The highest BCUT2D eigenvalue weighted by Crippen LogP contribution is 2.14. The molecule has 4 heterocycles. The van der Waals surface area contributed by atoms with Crippen molar-refractivity contribution in [3.05, 3.63) is 24.5 Å². The summed E-state index contributed by atoms with van der Waals surface area (Å²) < 4.78 is 3.36. The summed E-state index contributed by atoms with van der Waals surface area (Å²) in [6.45, 7) is 4.38. The lowest BCUT2D eigenvalue weighted by atomic mass is 10.1. The summed E-state index contributed by atoms with van der Waals surface area (Å²) in [5.41, 5.74) is 1.52. The van der Waals surface area contributed by atoms with Gasteiger partial charge in [0.1, 0.15) is 0 Å². The zero-order valence-corrected chi connectivity index (χ0v) is 12.8. The van der Waals surface area contributed by atoms with Crippen LogP contribution in [0.3, 0.4) is 0 Å². The minimum absolute atomic E-state index is 0.618. The van der Waals surface area contributed by atoms with Gasteiger partial charge < -0.3 is 10.2 Å². The Kier molecular flexibility index (Phi) is 3.85. The lowest BCUT2D eigenvalue weighted by molar-refractivity contribution is 0.218. The summed E-state index contributed by atoms with van der Waals surface area (Å²) in [6, 6.07) is 3.66.